The Balaban J connectivity index is 3.54. The van der Waals surface area contributed by atoms with E-state index in [0.29, 0.717) is 13.0 Å². The van der Waals surface area contributed by atoms with Crippen LogP contribution in [0, 0.1) is 0 Å². The standard InChI is InChI=1S/C34H58O4/c1-3-5-7-9-11-12-13-14-15-16-17-18-19-20-21-22-23-24-26-28-30-37-32-33(31-35)38-34(36)29-27-25-10-8-6-4-2/h5,7,11-12,14-15,17-18,20-21,33,35H,3-4,6,8-10,13,16,19,22-32H2,1-2H3/b7-5-,12-11-,15-14-,18-17-,21-20-. The fourth-order valence-corrected chi connectivity index (χ4v) is 3.82. The average molecular weight is 531 g/mol. The molecule has 0 radical (unpaired) electrons. The van der Waals surface area contributed by atoms with E-state index in [1.54, 1.807) is 0 Å². The second-order valence-electron chi connectivity index (χ2n) is 9.80. The third kappa shape index (κ3) is 28.7. The van der Waals surface area contributed by atoms with Gasteiger partial charge in [0.15, 0.2) is 0 Å². The quantitative estimate of drug-likeness (QED) is 0.0653. The maximum atomic E-state index is 11.9. The molecule has 0 aromatic heterocycles. The molecule has 218 valence electrons. The first-order valence-corrected chi connectivity index (χ1v) is 15.4. The van der Waals surface area contributed by atoms with Gasteiger partial charge in [-0.25, -0.2) is 0 Å². The van der Waals surface area contributed by atoms with Crippen LogP contribution in [0.4, 0.5) is 0 Å². The molecule has 0 aliphatic heterocycles. The van der Waals surface area contributed by atoms with Gasteiger partial charge in [-0.15, -0.1) is 0 Å². The molecule has 0 bridgehead atoms. The van der Waals surface area contributed by atoms with Crippen LogP contribution in [0.25, 0.3) is 0 Å². The third-order valence-electron chi connectivity index (χ3n) is 6.11. The SMILES string of the molecule is CC/C=C\C/C=C\C/C=C\C/C=C\C/C=C\CCCCCCOCC(CO)OC(=O)CCCCCCCC. The maximum Gasteiger partial charge on any atom is 0.306 e. The summed E-state index contributed by atoms with van der Waals surface area (Å²) in [5.74, 6) is -0.224. The zero-order valence-corrected chi connectivity index (χ0v) is 24.7. The van der Waals surface area contributed by atoms with Gasteiger partial charge >= 0.3 is 5.97 Å². The molecule has 0 aromatic rings. The first-order valence-electron chi connectivity index (χ1n) is 15.4. The van der Waals surface area contributed by atoms with Crippen LogP contribution in [-0.4, -0.2) is 37.0 Å². The Hall–Kier alpha value is -1.91. The second-order valence-corrected chi connectivity index (χ2v) is 9.80. The van der Waals surface area contributed by atoms with Crippen molar-refractivity contribution in [1.82, 2.24) is 0 Å². The number of hydrogen-bond donors (Lipinski definition) is 1. The van der Waals surface area contributed by atoms with E-state index in [-0.39, 0.29) is 19.2 Å². The molecule has 0 heterocycles. The Labute approximate surface area is 235 Å². The number of rotatable bonds is 27. The first kappa shape index (κ1) is 36.1. The fourth-order valence-electron chi connectivity index (χ4n) is 3.82. The van der Waals surface area contributed by atoms with Gasteiger partial charge in [-0.3, -0.25) is 4.79 Å². The highest BCUT2D eigenvalue weighted by molar-refractivity contribution is 5.69. The Morgan fingerprint density at radius 3 is 1.79 bits per heavy atom. The van der Waals surface area contributed by atoms with Crippen molar-refractivity contribution in [2.24, 2.45) is 0 Å². The van der Waals surface area contributed by atoms with Gasteiger partial charge in [0.25, 0.3) is 0 Å². The summed E-state index contributed by atoms with van der Waals surface area (Å²) in [4.78, 5) is 11.9. The van der Waals surface area contributed by atoms with Gasteiger partial charge in [0.05, 0.1) is 13.2 Å². The summed E-state index contributed by atoms with van der Waals surface area (Å²) in [6.07, 6.45) is 39.8. The van der Waals surface area contributed by atoms with Crippen LogP contribution in [0.3, 0.4) is 0 Å². The number of ether oxygens (including phenoxy) is 2. The largest absolute Gasteiger partial charge is 0.457 e. The normalized spacial score (nSPS) is 13.2. The average Bonchev–Trinajstić information content (AvgIpc) is 2.92. The molecular formula is C34H58O4. The van der Waals surface area contributed by atoms with Crippen LogP contribution in [0.5, 0.6) is 0 Å². The van der Waals surface area contributed by atoms with Crippen molar-refractivity contribution in [3.63, 3.8) is 0 Å². The Kier molecular flexibility index (Phi) is 29.7. The summed E-state index contributed by atoms with van der Waals surface area (Å²) in [5, 5.41) is 9.44. The highest BCUT2D eigenvalue weighted by atomic mass is 16.6. The molecule has 0 amide bonds. The zero-order chi connectivity index (χ0) is 27.8. The van der Waals surface area contributed by atoms with E-state index in [1.807, 2.05) is 0 Å². The molecule has 0 saturated carbocycles. The molecule has 4 nitrogen and oxygen atoms in total. The van der Waals surface area contributed by atoms with Gasteiger partial charge in [-0.1, -0.05) is 120 Å². The summed E-state index contributed by atoms with van der Waals surface area (Å²) < 4.78 is 11.0. The van der Waals surface area contributed by atoms with Crippen molar-refractivity contribution >= 4 is 5.97 Å². The number of carbonyl (C=O) groups excluding carboxylic acids is 1. The van der Waals surface area contributed by atoms with Crippen LogP contribution in [0.15, 0.2) is 60.8 Å². The van der Waals surface area contributed by atoms with E-state index in [0.717, 1.165) is 64.2 Å². The van der Waals surface area contributed by atoms with Crippen LogP contribution in [0.2, 0.25) is 0 Å². The second kappa shape index (κ2) is 31.3. The van der Waals surface area contributed by atoms with Gasteiger partial charge in [0, 0.05) is 13.0 Å². The van der Waals surface area contributed by atoms with Gasteiger partial charge in [-0.05, 0) is 57.8 Å². The van der Waals surface area contributed by atoms with E-state index >= 15 is 0 Å². The lowest BCUT2D eigenvalue weighted by Gasteiger charge is -2.15. The molecule has 1 unspecified atom stereocenters. The smallest absolute Gasteiger partial charge is 0.306 e. The lowest BCUT2D eigenvalue weighted by atomic mass is 10.1. The van der Waals surface area contributed by atoms with Gasteiger partial charge in [-0.2, -0.15) is 0 Å². The molecule has 0 aromatic carbocycles. The molecule has 0 fully saturated rings. The monoisotopic (exact) mass is 530 g/mol. The van der Waals surface area contributed by atoms with Crippen LogP contribution in [-0.2, 0) is 14.3 Å². The minimum absolute atomic E-state index is 0.185. The van der Waals surface area contributed by atoms with E-state index in [1.165, 1.54) is 38.5 Å². The minimum atomic E-state index is -0.544. The van der Waals surface area contributed by atoms with Crippen molar-refractivity contribution in [1.29, 1.82) is 0 Å². The predicted molar refractivity (Wildman–Crippen MR) is 163 cm³/mol. The van der Waals surface area contributed by atoms with E-state index in [4.69, 9.17) is 9.47 Å². The van der Waals surface area contributed by atoms with Crippen molar-refractivity contribution in [3.05, 3.63) is 60.8 Å². The Morgan fingerprint density at radius 2 is 1.18 bits per heavy atom. The van der Waals surface area contributed by atoms with Crippen LogP contribution >= 0.6 is 0 Å². The molecule has 0 rings (SSSR count). The Bertz CT molecular complexity index is 645. The molecule has 38 heavy (non-hydrogen) atoms. The summed E-state index contributed by atoms with van der Waals surface area (Å²) in [5.41, 5.74) is 0. The number of hydrogen-bond acceptors (Lipinski definition) is 4. The van der Waals surface area contributed by atoms with Crippen LogP contribution < -0.4 is 0 Å². The predicted octanol–water partition coefficient (Wildman–Crippen LogP) is 9.36. The van der Waals surface area contributed by atoms with Gasteiger partial charge < -0.3 is 14.6 Å². The number of unbranched alkanes of at least 4 members (excludes halogenated alkanes) is 9. The zero-order valence-electron chi connectivity index (χ0n) is 24.7. The molecular weight excluding hydrogens is 472 g/mol. The molecule has 0 saturated heterocycles. The maximum absolute atomic E-state index is 11.9. The van der Waals surface area contributed by atoms with E-state index in [9.17, 15) is 9.90 Å². The third-order valence-corrected chi connectivity index (χ3v) is 6.11. The van der Waals surface area contributed by atoms with Crippen molar-refractivity contribution in [3.8, 4) is 0 Å². The molecule has 4 heteroatoms. The summed E-state index contributed by atoms with van der Waals surface area (Å²) in [6, 6.07) is 0. The summed E-state index contributed by atoms with van der Waals surface area (Å²) in [7, 11) is 0. The van der Waals surface area contributed by atoms with Crippen molar-refractivity contribution in [2.75, 3.05) is 19.8 Å². The number of esters is 1. The molecule has 1 N–H and O–H groups in total. The highest BCUT2D eigenvalue weighted by Gasteiger charge is 2.13. The molecule has 0 spiro atoms. The minimum Gasteiger partial charge on any atom is -0.457 e. The summed E-state index contributed by atoms with van der Waals surface area (Å²) in [6.45, 7) is 5.09. The van der Waals surface area contributed by atoms with Crippen molar-refractivity contribution < 1.29 is 19.4 Å². The lowest BCUT2D eigenvalue weighted by molar-refractivity contribution is -0.154. The number of aliphatic hydroxyl groups excluding tert-OH is 1. The Morgan fingerprint density at radius 1 is 0.658 bits per heavy atom. The molecule has 0 aliphatic rings. The fraction of sp³-hybridized carbons (Fsp3) is 0.676. The van der Waals surface area contributed by atoms with E-state index in [2.05, 4.69) is 74.6 Å². The first-order chi connectivity index (χ1) is 18.7. The molecule has 1 atom stereocenters. The van der Waals surface area contributed by atoms with E-state index < -0.39 is 6.10 Å². The van der Waals surface area contributed by atoms with Gasteiger partial charge in [0.1, 0.15) is 6.10 Å². The van der Waals surface area contributed by atoms with Gasteiger partial charge in [0.2, 0.25) is 0 Å². The van der Waals surface area contributed by atoms with Crippen LogP contribution in [0.1, 0.15) is 123 Å². The lowest BCUT2D eigenvalue weighted by Crippen LogP contribution is -2.27. The number of carbonyl (C=O) groups is 1. The topological polar surface area (TPSA) is 55.8 Å². The summed E-state index contributed by atoms with van der Waals surface area (Å²) >= 11 is 0. The van der Waals surface area contributed by atoms with Crippen molar-refractivity contribution in [2.45, 2.75) is 129 Å². The molecule has 0 aliphatic carbocycles. The number of allylic oxidation sites excluding steroid dienone is 10. The highest BCUT2D eigenvalue weighted by Crippen LogP contribution is 2.09. The number of aliphatic hydroxyl groups is 1.